The maximum Gasteiger partial charge on any atom is 0.314 e. The highest BCUT2D eigenvalue weighted by molar-refractivity contribution is 5.78. The van der Waals surface area contributed by atoms with Crippen LogP contribution in [0.5, 0.6) is 0 Å². The zero-order valence-electron chi connectivity index (χ0n) is 25.2. The Morgan fingerprint density at radius 1 is 0.368 bits per heavy atom. The third-order valence-corrected chi connectivity index (χ3v) is 7.49. The maximum absolute atomic E-state index is 12.1. The van der Waals surface area contributed by atoms with Gasteiger partial charge in [-0.25, -0.2) is 4.79 Å². The molecule has 6 nitrogen and oxygen atoms in total. The molecule has 0 spiro atoms. The molecule has 0 heterocycles. The minimum absolute atomic E-state index is 0.0546. The van der Waals surface area contributed by atoms with Crippen LogP contribution in [0.1, 0.15) is 167 Å². The Morgan fingerprint density at radius 3 is 0.974 bits per heavy atom. The zero-order valence-corrected chi connectivity index (χ0v) is 25.2. The number of unbranched alkanes of at least 4 members (excludes halogenated alkanes) is 21. The van der Waals surface area contributed by atoms with E-state index in [4.69, 9.17) is 11.5 Å². The lowest BCUT2D eigenvalue weighted by atomic mass is 10.0. The topological polar surface area (TPSA) is 110 Å². The standard InChI is InChI=1S/C32H66N4O2/c33-27-21-15-11-7-3-1-2-6-10-14-19-25-31(37)26-20-18-24-30-36-32(38)35-29-23-17-13-9-5-4-8-12-16-22-28-34/h1-30,33-34H2,(H2,35,36,38). The van der Waals surface area contributed by atoms with Gasteiger partial charge in [-0.3, -0.25) is 4.79 Å². The Morgan fingerprint density at radius 2 is 0.632 bits per heavy atom. The van der Waals surface area contributed by atoms with Crippen molar-refractivity contribution in [3.05, 3.63) is 0 Å². The molecule has 0 aliphatic carbocycles. The number of carbonyl (C=O) groups excluding carboxylic acids is 2. The highest BCUT2D eigenvalue weighted by Crippen LogP contribution is 2.13. The van der Waals surface area contributed by atoms with Crippen molar-refractivity contribution in [3.63, 3.8) is 0 Å². The predicted octanol–water partition coefficient (Wildman–Crippen LogP) is 7.91. The minimum atomic E-state index is -0.0546. The minimum Gasteiger partial charge on any atom is -0.338 e. The van der Waals surface area contributed by atoms with Crippen LogP contribution in [-0.2, 0) is 4.79 Å². The van der Waals surface area contributed by atoms with Crippen LogP contribution >= 0.6 is 0 Å². The number of carbonyl (C=O) groups is 2. The predicted molar refractivity (Wildman–Crippen MR) is 165 cm³/mol. The van der Waals surface area contributed by atoms with Crippen molar-refractivity contribution in [1.29, 1.82) is 0 Å². The van der Waals surface area contributed by atoms with Crippen LogP contribution in [0, 0.1) is 0 Å². The van der Waals surface area contributed by atoms with Crippen LogP contribution in [0.15, 0.2) is 0 Å². The third kappa shape index (κ3) is 31.1. The average molecular weight is 539 g/mol. The molecule has 0 aliphatic heterocycles. The first-order valence-corrected chi connectivity index (χ1v) is 16.6. The van der Waals surface area contributed by atoms with Crippen LogP contribution in [0.3, 0.4) is 0 Å². The molecular formula is C32H66N4O2. The van der Waals surface area contributed by atoms with E-state index in [1.165, 1.54) is 122 Å². The van der Waals surface area contributed by atoms with E-state index < -0.39 is 0 Å². The van der Waals surface area contributed by atoms with Gasteiger partial charge < -0.3 is 22.1 Å². The second-order valence-corrected chi connectivity index (χ2v) is 11.3. The molecule has 226 valence electrons. The quantitative estimate of drug-likeness (QED) is 0.0672. The van der Waals surface area contributed by atoms with Gasteiger partial charge in [0.2, 0.25) is 0 Å². The number of urea groups is 1. The first-order chi connectivity index (χ1) is 18.7. The summed E-state index contributed by atoms with van der Waals surface area (Å²) in [6, 6.07) is -0.0546. The number of rotatable bonds is 31. The fourth-order valence-electron chi connectivity index (χ4n) is 4.96. The molecule has 0 radical (unpaired) electrons. The van der Waals surface area contributed by atoms with Crippen LogP contribution in [0.25, 0.3) is 0 Å². The summed E-state index contributed by atoms with van der Waals surface area (Å²) >= 11 is 0. The molecule has 0 bridgehead atoms. The summed E-state index contributed by atoms with van der Waals surface area (Å²) in [5, 5.41) is 5.90. The van der Waals surface area contributed by atoms with Gasteiger partial charge in [0.05, 0.1) is 0 Å². The van der Waals surface area contributed by atoms with Crippen LogP contribution in [-0.4, -0.2) is 38.0 Å². The lowest BCUT2D eigenvalue weighted by molar-refractivity contribution is -0.119. The first-order valence-electron chi connectivity index (χ1n) is 16.6. The van der Waals surface area contributed by atoms with E-state index >= 15 is 0 Å². The summed E-state index contributed by atoms with van der Waals surface area (Å²) in [5.41, 5.74) is 11.0. The third-order valence-electron chi connectivity index (χ3n) is 7.49. The Balaban J connectivity index is 3.26. The largest absolute Gasteiger partial charge is 0.338 e. The van der Waals surface area contributed by atoms with E-state index in [1.807, 2.05) is 0 Å². The summed E-state index contributed by atoms with van der Waals surface area (Å²) < 4.78 is 0. The average Bonchev–Trinajstić information content (AvgIpc) is 2.91. The van der Waals surface area contributed by atoms with Gasteiger partial charge in [0.25, 0.3) is 0 Å². The van der Waals surface area contributed by atoms with Gasteiger partial charge >= 0.3 is 6.03 Å². The second kappa shape index (κ2) is 32.1. The molecule has 6 heteroatoms. The summed E-state index contributed by atoms with van der Waals surface area (Å²) in [4.78, 5) is 23.9. The van der Waals surface area contributed by atoms with Gasteiger partial charge in [0, 0.05) is 25.9 Å². The monoisotopic (exact) mass is 539 g/mol. The molecule has 38 heavy (non-hydrogen) atoms. The van der Waals surface area contributed by atoms with Crippen molar-refractivity contribution in [1.82, 2.24) is 10.6 Å². The molecule has 0 fully saturated rings. The number of ketones is 1. The summed E-state index contributed by atoms with van der Waals surface area (Å²) in [6.45, 7) is 3.11. The van der Waals surface area contributed by atoms with E-state index in [1.54, 1.807) is 0 Å². The van der Waals surface area contributed by atoms with E-state index in [0.717, 1.165) is 58.2 Å². The molecule has 0 aromatic carbocycles. The molecule has 0 unspecified atom stereocenters. The fourth-order valence-corrected chi connectivity index (χ4v) is 4.96. The van der Waals surface area contributed by atoms with E-state index in [0.29, 0.717) is 18.7 Å². The van der Waals surface area contributed by atoms with Crippen LogP contribution < -0.4 is 22.1 Å². The Hall–Kier alpha value is -1.14. The molecule has 0 aromatic heterocycles. The van der Waals surface area contributed by atoms with E-state index in [2.05, 4.69) is 10.6 Å². The number of nitrogens with one attached hydrogen (secondary N) is 2. The number of Topliss-reactive ketones (excluding diaryl/α,β-unsaturated/α-hetero) is 1. The van der Waals surface area contributed by atoms with Gasteiger partial charge in [-0.1, -0.05) is 116 Å². The number of amides is 2. The molecule has 0 saturated carbocycles. The Kier molecular flexibility index (Phi) is 31.1. The normalized spacial score (nSPS) is 11.1. The van der Waals surface area contributed by atoms with Crippen molar-refractivity contribution in [2.45, 2.75) is 167 Å². The molecule has 0 rings (SSSR count). The van der Waals surface area contributed by atoms with E-state index in [9.17, 15) is 9.59 Å². The van der Waals surface area contributed by atoms with Gasteiger partial charge in [-0.2, -0.15) is 0 Å². The first kappa shape index (κ1) is 36.9. The Labute approximate surface area is 236 Å². The second-order valence-electron chi connectivity index (χ2n) is 11.3. The maximum atomic E-state index is 12.1. The smallest absolute Gasteiger partial charge is 0.314 e. The summed E-state index contributed by atoms with van der Waals surface area (Å²) in [6.07, 6.45) is 31.0. The SMILES string of the molecule is NCCCCCCCCCCCCCC(=O)CCCCCNC(=O)NCCCCCCCCCCCCN. The number of hydrogen-bond donors (Lipinski definition) is 4. The Bertz CT molecular complexity index is 458. The highest BCUT2D eigenvalue weighted by atomic mass is 16.2. The molecule has 6 N–H and O–H groups in total. The van der Waals surface area contributed by atoms with E-state index in [-0.39, 0.29) is 6.03 Å². The molecule has 0 aliphatic rings. The van der Waals surface area contributed by atoms with Crippen molar-refractivity contribution in [2.24, 2.45) is 11.5 Å². The van der Waals surface area contributed by atoms with Crippen molar-refractivity contribution >= 4 is 11.8 Å². The van der Waals surface area contributed by atoms with Gasteiger partial charge in [0.15, 0.2) is 0 Å². The molecule has 0 atom stereocenters. The van der Waals surface area contributed by atoms with Crippen LogP contribution in [0.4, 0.5) is 4.79 Å². The van der Waals surface area contributed by atoms with Gasteiger partial charge in [0.1, 0.15) is 5.78 Å². The van der Waals surface area contributed by atoms with Crippen molar-refractivity contribution in [2.75, 3.05) is 26.2 Å². The molecule has 0 saturated heterocycles. The summed E-state index contributed by atoms with van der Waals surface area (Å²) in [5.74, 6) is 0.413. The number of nitrogens with two attached hydrogens (primary N) is 2. The molecular weight excluding hydrogens is 472 g/mol. The van der Waals surface area contributed by atoms with Gasteiger partial charge in [-0.05, 0) is 51.6 Å². The highest BCUT2D eigenvalue weighted by Gasteiger charge is 2.03. The zero-order chi connectivity index (χ0) is 27.8. The van der Waals surface area contributed by atoms with Crippen molar-refractivity contribution in [3.8, 4) is 0 Å². The lowest BCUT2D eigenvalue weighted by Gasteiger charge is -2.08. The fraction of sp³-hybridized carbons (Fsp3) is 0.938. The number of hydrogen-bond acceptors (Lipinski definition) is 4. The molecule has 2 amide bonds. The molecule has 0 aromatic rings. The van der Waals surface area contributed by atoms with Crippen LogP contribution in [0.2, 0.25) is 0 Å². The lowest BCUT2D eigenvalue weighted by Crippen LogP contribution is -2.36. The summed E-state index contributed by atoms with van der Waals surface area (Å²) in [7, 11) is 0. The van der Waals surface area contributed by atoms with Gasteiger partial charge in [-0.15, -0.1) is 0 Å². The van der Waals surface area contributed by atoms with Crippen molar-refractivity contribution < 1.29 is 9.59 Å².